The highest BCUT2D eigenvalue weighted by Crippen LogP contribution is 2.33. The lowest BCUT2D eigenvalue weighted by Gasteiger charge is -2.10. The SMILES string of the molecule is COc1ccc2c(Oc3ccc(F)cc3)nc(N=C(N)/C=C\N)cc2c1. The zero-order valence-corrected chi connectivity index (χ0v) is 14.0. The van der Waals surface area contributed by atoms with Crippen LogP contribution in [0.25, 0.3) is 10.8 Å². The normalized spacial score (nSPS) is 11.8. The number of halogens is 1. The van der Waals surface area contributed by atoms with E-state index in [1.807, 2.05) is 12.1 Å². The van der Waals surface area contributed by atoms with Crippen molar-refractivity contribution in [2.45, 2.75) is 0 Å². The molecular formula is C19H17FN4O2. The molecule has 0 atom stereocenters. The number of hydrogen-bond donors (Lipinski definition) is 2. The van der Waals surface area contributed by atoms with Crippen LogP contribution >= 0.6 is 0 Å². The number of rotatable bonds is 5. The van der Waals surface area contributed by atoms with Gasteiger partial charge >= 0.3 is 0 Å². The Morgan fingerprint density at radius 2 is 1.85 bits per heavy atom. The van der Waals surface area contributed by atoms with Crippen molar-refractivity contribution in [1.82, 2.24) is 4.98 Å². The molecule has 0 radical (unpaired) electrons. The third kappa shape index (κ3) is 3.89. The van der Waals surface area contributed by atoms with Gasteiger partial charge in [0.25, 0.3) is 0 Å². The lowest BCUT2D eigenvalue weighted by atomic mass is 10.1. The topological polar surface area (TPSA) is 95.8 Å². The van der Waals surface area contributed by atoms with Gasteiger partial charge in [0.1, 0.15) is 23.2 Å². The highest BCUT2D eigenvalue weighted by Gasteiger charge is 2.10. The molecule has 132 valence electrons. The molecule has 0 amide bonds. The van der Waals surface area contributed by atoms with Crippen LogP contribution in [0.15, 0.2) is 65.8 Å². The molecule has 0 bridgehead atoms. The predicted octanol–water partition coefficient (Wildman–Crippen LogP) is 3.64. The molecule has 0 aliphatic rings. The van der Waals surface area contributed by atoms with Gasteiger partial charge < -0.3 is 20.9 Å². The van der Waals surface area contributed by atoms with Crippen molar-refractivity contribution in [1.29, 1.82) is 0 Å². The second-order valence-corrected chi connectivity index (χ2v) is 5.32. The Morgan fingerprint density at radius 1 is 1.12 bits per heavy atom. The van der Waals surface area contributed by atoms with Crippen LogP contribution in [0.5, 0.6) is 17.4 Å². The lowest BCUT2D eigenvalue weighted by molar-refractivity contribution is 0.415. The minimum atomic E-state index is -0.348. The molecule has 6 nitrogen and oxygen atoms in total. The molecule has 2 aromatic carbocycles. The van der Waals surface area contributed by atoms with E-state index in [1.165, 1.54) is 36.5 Å². The number of hydrogen-bond acceptors (Lipinski definition) is 5. The Morgan fingerprint density at radius 3 is 2.54 bits per heavy atom. The number of benzene rings is 2. The standard InChI is InChI=1S/C19H17FN4O2/c1-25-15-6-7-16-12(10-15)11-18(23-17(22)8-9-21)24-19(16)26-14-4-2-13(20)3-5-14/h2-11H,21H2,1H3,(H2,22,23,24)/b9-8-. The zero-order chi connectivity index (χ0) is 18.5. The maximum atomic E-state index is 13.1. The van der Waals surface area contributed by atoms with Crippen LogP contribution in [0.4, 0.5) is 10.2 Å². The van der Waals surface area contributed by atoms with E-state index in [9.17, 15) is 4.39 Å². The smallest absolute Gasteiger partial charge is 0.229 e. The second kappa shape index (κ2) is 7.52. The third-order valence-corrected chi connectivity index (χ3v) is 3.53. The predicted molar refractivity (Wildman–Crippen MR) is 99.4 cm³/mol. The van der Waals surface area contributed by atoms with Crippen LogP contribution in [0.3, 0.4) is 0 Å². The number of ether oxygens (including phenoxy) is 2. The molecule has 0 saturated carbocycles. The molecule has 4 N–H and O–H groups in total. The summed E-state index contributed by atoms with van der Waals surface area (Å²) in [7, 11) is 1.58. The molecule has 0 saturated heterocycles. The first kappa shape index (κ1) is 17.2. The number of fused-ring (bicyclic) bond motifs is 1. The van der Waals surface area contributed by atoms with E-state index < -0.39 is 0 Å². The van der Waals surface area contributed by atoms with Crippen LogP contribution in [0.1, 0.15) is 0 Å². The monoisotopic (exact) mass is 352 g/mol. The fourth-order valence-corrected chi connectivity index (χ4v) is 2.34. The van der Waals surface area contributed by atoms with Gasteiger partial charge in [0.05, 0.1) is 7.11 Å². The Hall–Kier alpha value is -3.61. The fourth-order valence-electron chi connectivity index (χ4n) is 2.34. The Kier molecular flexibility index (Phi) is 4.98. The largest absolute Gasteiger partial charge is 0.497 e. The van der Waals surface area contributed by atoms with Gasteiger partial charge in [-0.1, -0.05) is 0 Å². The van der Waals surface area contributed by atoms with E-state index in [2.05, 4.69) is 9.98 Å². The average molecular weight is 352 g/mol. The van der Waals surface area contributed by atoms with E-state index in [4.69, 9.17) is 20.9 Å². The number of methoxy groups -OCH3 is 1. The second-order valence-electron chi connectivity index (χ2n) is 5.32. The summed E-state index contributed by atoms with van der Waals surface area (Å²) >= 11 is 0. The fraction of sp³-hybridized carbons (Fsp3) is 0.0526. The summed E-state index contributed by atoms with van der Waals surface area (Å²) in [6.45, 7) is 0. The molecule has 0 aliphatic carbocycles. The Labute approximate surface area is 149 Å². The summed E-state index contributed by atoms with van der Waals surface area (Å²) in [6, 6.07) is 12.9. The quantitative estimate of drug-likeness (QED) is 0.540. The molecule has 0 spiro atoms. The van der Waals surface area contributed by atoms with E-state index in [1.54, 1.807) is 19.2 Å². The highest BCUT2D eigenvalue weighted by atomic mass is 19.1. The van der Waals surface area contributed by atoms with Crippen molar-refractivity contribution < 1.29 is 13.9 Å². The van der Waals surface area contributed by atoms with Gasteiger partial charge in [-0.15, -0.1) is 0 Å². The number of aliphatic imine (C=N–C) groups is 1. The highest BCUT2D eigenvalue weighted by molar-refractivity contribution is 5.95. The van der Waals surface area contributed by atoms with Crippen LogP contribution in [0.2, 0.25) is 0 Å². The van der Waals surface area contributed by atoms with Crippen LogP contribution in [-0.4, -0.2) is 17.9 Å². The van der Waals surface area contributed by atoms with Crippen LogP contribution < -0.4 is 20.9 Å². The van der Waals surface area contributed by atoms with Gasteiger partial charge in [-0.25, -0.2) is 9.38 Å². The summed E-state index contributed by atoms with van der Waals surface area (Å²) in [6.07, 6.45) is 2.75. The zero-order valence-electron chi connectivity index (χ0n) is 14.0. The number of nitrogens with two attached hydrogens (primary N) is 2. The van der Waals surface area contributed by atoms with Crippen molar-refractivity contribution >= 4 is 22.4 Å². The summed E-state index contributed by atoms with van der Waals surface area (Å²) in [5.41, 5.74) is 11.1. The van der Waals surface area contributed by atoms with E-state index in [0.29, 0.717) is 23.2 Å². The molecule has 3 rings (SSSR count). The van der Waals surface area contributed by atoms with Crippen molar-refractivity contribution in [3.63, 3.8) is 0 Å². The van der Waals surface area contributed by atoms with Crippen molar-refractivity contribution in [2.75, 3.05) is 7.11 Å². The summed E-state index contributed by atoms with van der Waals surface area (Å²) in [5.74, 6) is 1.65. The van der Waals surface area contributed by atoms with Gasteiger partial charge in [0.15, 0.2) is 5.82 Å². The minimum absolute atomic E-state index is 0.204. The van der Waals surface area contributed by atoms with Gasteiger partial charge in [-0.05, 0) is 66.2 Å². The molecule has 3 aromatic rings. The number of nitrogens with zero attached hydrogens (tertiary/aromatic N) is 2. The molecular weight excluding hydrogens is 335 g/mol. The minimum Gasteiger partial charge on any atom is -0.497 e. The average Bonchev–Trinajstić information content (AvgIpc) is 2.63. The van der Waals surface area contributed by atoms with E-state index >= 15 is 0 Å². The Bertz CT molecular complexity index is 985. The number of pyridine rings is 1. The van der Waals surface area contributed by atoms with Crippen molar-refractivity contribution in [3.8, 4) is 17.4 Å². The summed E-state index contributed by atoms with van der Waals surface area (Å²) < 4.78 is 24.2. The molecule has 1 aromatic heterocycles. The maximum absolute atomic E-state index is 13.1. The van der Waals surface area contributed by atoms with E-state index in [-0.39, 0.29) is 11.7 Å². The van der Waals surface area contributed by atoms with Gasteiger partial charge in [-0.2, -0.15) is 4.98 Å². The molecule has 0 aliphatic heterocycles. The van der Waals surface area contributed by atoms with Crippen LogP contribution in [-0.2, 0) is 0 Å². The van der Waals surface area contributed by atoms with Crippen LogP contribution in [0, 0.1) is 5.82 Å². The summed E-state index contributed by atoms with van der Waals surface area (Å²) in [4.78, 5) is 8.60. The molecule has 0 unspecified atom stereocenters. The number of amidine groups is 1. The van der Waals surface area contributed by atoms with E-state index in [0.717, 1.165) is 10.8 Å². The molecule has 1 heterocycles. The van der Waals surface area contributed by atoms with Gasteiger partial charge in [-0.3, -0.25) is 0 Å². The van der Waals surface area contributed by atoms with Gasteiger partial charge in [0.2, 0.25) is 5.88 Å². The molecule has 26 heavy (non-hydrogen) atoms. The first-order chi connectivity index (χ1) is 12.6. The third-order valence-electron chi connectivity index (χ3n) is 3.53. The number of aromatic nitrogens is 1. The lowest BCUT2D eigenvalue weighted by Crippen LogP contribution is -2.07. The van der Waals surface area contributed by atoms with Crippen molar-refractivity contribution in [2.24, 2.45) is 16.5 Å². The molecule has 7 heteroatoms. The first-order valence-corrected chi connectivity index (χ1v) is 7.73. The van der Waals surface area contributed by atoms with Crippen molar-refractivity contribution in [3.05, 3.63) is 66.6 Å². The maximum Gasteiger partial charge on any atom is 0.229 e. The molecule has 0 fully saturated rings. The first-order valence-electron chi connectivity index (χ1n) is 7.73. The van der Waals surface area contributed by atoms with Gasteiger partial charge in [0, 0.05) is 5.39 Å². The Balaban J connectivity index is 2.11. The summed E-state index contributed by atoms with van der Waals surface area (Å²) in [5, 5.41) is 1.56.